The van der Waals surface area contributed by atoms with Crippen LogP contribution in [0.3, 0.4) is 0 Å². The molecule has 1 atom stereocenters. The average molecular weight is 392 g/mol. The van der Waals surface area contributed by atoms with E-state index in [1.54, 1.807) is 29.5 Å². The summed E-state index contributed by atoms with van der Waals surface area (Å²) in [5, 5.41) is 2.87. The summed E-state index contributed by atoms with van der Waals surface area (Å²) in [4.78, 5) is 14.2. The fourth-order valence-corrected chi connectivity index (χ4v) is 4.46. The van der Waals surface area contributed by atoms with Crippen LogP contribution in [0.4, 0.5) is 4.39 Å². The number of rotatable bonds is 5. The van der Waals surface area contributed by atoms with Crippen molar-refractivity contribution in [3.63, 3.8) is 0 Å². The standard InChI is InChI=1S/C23H21FN2OS/c1-15-12-20-22(28-15)13-21(26(20)16(2)17-8-4-3-5-9-17)23(27)25-14-18-10-6-7-11-19(18)24/h3-13,16H,14H2,1-2H3,(H,25,27). The predicted molar refractivity (Wildman–Crippen MR) is 112 cm³/mol. The van der Waals surface area contributed by atoms with Gasteiger partial charge < -0.3 is 9.88 Å². The van der Waals surface area contributed by atoms with Gasteiger partial charge in [0.05, 0.1) is 16.3 Å². The van der Waals surface area contributed by atoms with Gasteiger partial charge in [0.25, 0.3) is 5.91 Å². The molecule has 1 amide bonds. The number of hydrogen-bond donors (Lipinski definition) is 1. The van der Waals surface area contributed by atoms with Crippen molar-refractivity contribution in [2.75, 3.05) is 0 Å². The van der Waals surface area contributed by atoms with Gasteiger partial charge in [0.15, 0.2) is 0 Å². The number of nitrogens with zero attached hydrogens (tertiary/aromatic N) is 1. The summed E-state index contributed by atoms with van der Waals surface area (Å²) in [5.41, 5.74) is 3.25. The van der Waals surface area contributed by atoms with Crippen molar-refractivity contribution in [3.8, 4) is 0 Å². The van der Waals surface area contributed by atoms with Gasteiger partial charge in [-0.25, -0.2) is 4.39 Å². The van der Waals surface area contributed by atoms with Crippen molar-refractivity contribution in [1.29, 1.82) is 0 Å². The van der Waals surface area contributed by atoms with Crippen molar-refractivity contribution < 1.29 is 9.18 Å². The Hall–Kier alpha value is -2.92. The van der Waals surface area contributed by atoms with Crippen LogP contribution in [0, 0.1) is 12.7 Å². The second-order valence-electron chi connectivity index (χ2n) is 6.87. The zero-order valence-electron chi connectivity index (χ0n) is 15.8. The highest BCUT2D eigenvalue weighted by atomic mass is 32.1. The van der Waals surface area contributed by atoms with Crippen LogP contribution in [0.2, 0.25) is 0 Å². The molecule has 4 aromatic rings. The number of thiophene rings is 1. The maximum absolute atomic E-state index is 13.9. The molecule has 0 aliphatic carbocycles. The molecular formula is C23H21FN2OS. The summed E-state index contributed by atoms with van der Waals surface area (Å²) in [6.45, 7) is 4.32. The molecule has 0 radical (unpaired) electrons. The number of hydrogen-bond acceptors (Lipinski definition) is 2. The number of fused-ring (bicyclic) bond motifs is 1. The highest BCUT2D eigenvalue weighted by Crippen LogP contribution is 2.33. The molecule has 142 valence electrons. The van der Waals surface area contributed by atoms with Gasteiger partial charge in [0.2, 0.25) is 0 Å². The maximum Gasteiger partial charge on any atom is 0.268 e. The Morgan fingerprint density at radius 1 is 1.11 bits per heavy atom. The number of carbonyl (C=O) groups is 1. The van der Waals surface area contributed by atoms with E-state index in [1.807, 2.05) is 24.3 Å². The Labute approximate surface area is 167 Å². The number of carbonyl (C=O) groups excluding carboxylic acids is 1. The van der Waals surface area contributed by atoms with Crippen LogP contribution in [0.15, 0.2) is 66.7 Å². The normalized spacial score (nSPS) is 12.2. The van der Waals surface area contributed by atoms with E-state index >= 15 is 0 Å². The van der Waals surface area contributed by atoms with Gasteiger partial charge in [-0.05, 0) is 37.6 Å². The second kappa shape index (κ2) is 7.60. The van der Waals surface area contributed by atoms with E-state index in [0.29, 0.717) is 11.3 Å². The van der Waals surface area contributed by atoms with Crippen LogP contribution in [-0.2, 0) is 6.54 Å². The Morgan fingerprint density at radius 2 is 1.82 bits per heavy atom. The lowest BCUT2D eigenvalue weighted by molar-refractivity contribution is 0.0941. The highest BCUT2D eigenvalue weighted by molar-refractivity contribution is 7.19. The van der Waals surface area contributed by atoms with Crippen LogP contribution in [0.5, 0.6) is 0 Å². The molecule has 4 rings (SSSR count). The monoisotopic (exact) mass is 392 g/mol. The van der Waals surface area contributed by atoms with Gasteiger partial charge in [-0.1, -0.05) is 48.5 Å². The van der Waals surface area contributed by atoms with E-state index in [0.717, 1.165) is 15.8 Å². The van der Waals surface area contributed by atoms with Crippen LogP contribution in [0.25, 0.3) is 10.2 Å². The molecule has 3 nitrogen and oxygen atoms in total. The Kier molecular flexibility index (Phi) is 5.01. The molecule has 2 aromatic heterocycles. The molecule has 0 aliphatic heterocycles. The quantitative estimate of drug-likeness (QED) is 0.465. The number of nitrogens with one attached hydrogen (secondary N) is 1. The fourth-order valence-electron chi connectivity index (χ4n) is 3.51. The van der Waals surface area contributed by atoms with Crippen molar-refractivity contribution in [1.82, 2.24) is 9.88 Å². The lowest BCUT2D eigenvalue weighted by Crippen LogP contribution is -2.27. The number of halogens is 1. The number of aromatic nitrogens is 1. The van der Waals surface area contributed by atoms with E-state index in [9.17, 15) is 9.18 Å². The van der Waals surface area contributed by atoms with Crippen LogP contribution in [-0.4, -0.2) is 10.5 Å². The summed E-state index contributed by atoms with van der Waals surface area (Å²) in [6.07, 6.45) is 0. The smallest absolute Gasteiger partial charge is 0.268 e. The summed E-state index contributed by atoms with van der Waals surface area (Å²) in [5.74, 6) is -0.514. The van der Waals surface area contributed by atoms with Crippen LogP contribution in [0.1, 0.15) is 39.5 Å². The minimum Gasteiger partial charge on any atom is -0.347 e. The van der Waals surface area contributed by atoms with Gasteiger partial charge in [-0.3, -0.25) is 4.79 Å². The molecule has 0 saturated carbocycles. The lowest BCUT2D eigenvalue weighted by Gasteiger charge is -2.19. The van der Waals surface area contributed by atoms with Gasteiger partial charge in [0.1, 0.15) is 11.5 Å². The van der Waals surface area contributed by atoms with Gasteiger partial charge >= 0.3 is 0 Å². The van der Waals surface area contributed by atoms with Crippen molar-refractivity contribution in [2.24, 2.45) is 0 Å². The Morgan fingerprint density at radius 3 is 2.57 bits per heavy atom. The molecule has 2 aromatic carbocycles. The third-order valence-corrected chi connectivity index (χ3v) is 5.94. The number of amides is 1. The lowest BCUT2D eigenvalue weighted by atomic mass is 10.1. The van der Waals surface area contributed by atoms with E-state index in [4.69, 9.17) is 0 Å². The largest absolute Gasteiger partial charge is 0.347 e. The van der Waals surface area contributed by atoms with Gasteiger partial charge in [-0.15, -0.1) is 11.3 Å². The Balaban J connectivity index is 1.69. The van der Waals surface area contributed by atoms with Crippen LogP contribution < -0.4 is 5.32 Å². The summed E-state index contributed by atoms with van der Waals surface area (Å²) < 4.78 is 17.0. The third-order valence-electron chi connectivity index (χ3n) is 4.95. The predicted octanol–water partition coefficient (Wildman–Crippen LogP) is 5.69. The average Bonchev–Trinajstić information content (AvgIpc) is 3.23. The molecule has 28 heavy (non-hydrogen) atoms. The van der Waals surface area contributed by atoms with Gasteiger partial charge in [-0.2, -0.15) is 0 Å². The van der Waals surface area contributed by atoms with E-state index in [2.05, 4.69) is 41.9 Å². The van der Waals surface area contributed by atoms with Crippen molar-refractivity contribution in [2.45, 2.75) is 26.4 Å². The third kappa shape index (κ3) is 3.45. The SMILES string of the molecule is Cc1cc2c(cc(C(=O)NCc3ccccc3F)n2C(C)c2ccccc2)s1. The topological polar surface area (TPSA) is 34.0 Å². The molecule has 2 heterocycles. The summed E-state index contributed by atoms with van der Waals surface area (Å²) in [7, 11) is 0. The molecule has 0 spiro atoms. The molecule has 1 unspecified atom stereocenters. The molecular weight excluding hydrogens is 371 g/mol. The number of benzene rings is 2. The number of aryl methyl sites for hydroxylation is 1. The van der Waals surface area contributed by atoms with Gasteiger partial charge in [0, 0.05) is 17.0 Å². The molecule has 0 saturated heterocycles. The Bertz CT molecular complexity index is 1130. The molecule has 0 bridgehead atoms. The molecule has 1 N–H and O–H groups in total. The minimum atomic E-state index is -0.313. The molecule has 0 fully saturated rings. The summed E-state index contributed by atoms with van der Waals surface area (Å²) >= 11 is 1.67. The fraction of sp³-hybridized carbons (Fsp3) is 0.174. The zero-order valence-corrected chi connectivity index (χ0v) is 16.6. The van der Waals surface area contributed by atoms with Crippen molar-refractivity contribution >= 4 is 27.5 Å². The first-order chi connectivity index (χ1) is 13.5. The first-order valence-electron chi connectivity index (χ1n) is 9.22. The molecule has 0 aliphatic rings. The maximum atomic E-state index is 13.9. The van der Waals surface area contributed by atoms with E-state index in [-0.39, 0.29) is 24.3 Å². The first kappa shape index (κ1) is 18.4. The summed E-state index contributed by atoms with van der Waals surface area (Å²) in [6, 6.07) is 20.7. The highest BCUT2D eigenvalue weighted by Gasteiger charge is 2.22. The second-order valence-corrected chi connectivity index (χ2v) is 8.15. The minimum absolute atomic E-state index is 0.00177. The van der Waals surface area contributed by atoms with Crippen molar-refractivity contribution in [3.05, 3.63) is 94.2 Å². The first-order valence-corrected chi connectivity index (χ1v) is 10.0. The van der Waals surface area contributed by atoms with Crippen LogP contribution >= 0.6 is 11.3 Å². The molecule has 5 heteroatoms. The van der Waals surface area contributed by atoms with E-state index < -0.39 is 0 Å². The zero-order chi connectivity index (χ0) is 19.7. The van der Waals surface area contributed by atoms with E-state index in [1.165, 1.54) is 10.9 Å².